The van der Waals surface area contributed by atoms with Crippen molar-refractivity contribution in [2.45, 2.75) is 71.7 Å². The Bertz CT molecular complexity index is 1340. The van der Waals surface area contributed by atoms with Gasteiger partial charge in [-0.2, -0.15) is 0 Å². The molecule has 0 saturated heterocycles. The standard InChI is InChI=1S/C32H42N4O6/c1-6-20(3)27(29(37)34-26(31(39)41-5)17-23-18-33-25-16-12-11-15-24(23)25)35-30(38)28(21(4)7-2)36-32(40)42-19-22-13-9-8-10-14-22/h8-16,18,20-21,26-28,33H,6-7,17,19H2,1-5H3,(H,34,37)(H,35,38)(H,36,40)/t20-,21-,26+,27-,28-/m0/s1. The number of aromatic amines is 1. The molecule has 0 fully saturated rings. The van der Waals surface area contributed by atoms with Crippen molar-refractivity contribution in [2.75, 3.05) is 7.11 Å². The van der Waals surface area contributed by atoms with Gasteiger partial charge in [0, 0.05) is 23.5 Å². The molecule has 4 N–H and O–H groups in total. The number of alkyl carbamates (subject to hydrolysis) is 1. The van der Waals surface area contributed by atoms with E-state index in [1.54, 1.807) is 6.20 Å². The third kappa shape index (κ3) is 8.58. The van der Waals surface area contributed by atoms with E-state index >= 15 is 0 Å². The molecular weight excluding hydrogens is 536 g/mol. The van der Waals surface area contributed by atoms with Crippen molar-refractivity contribution < 1.29 is 28.7 Å². The molecule has 0 bridgehead atoms. The zero-order valence-electron chi connectivity index (χ0n) is 24.9. The highest BCUT2D eigenvalue weighted by atomic mass is 16.5. The number of ether oxygens (including phenoxy) is 2. The molecule has 10 heteroatoms. The Hall–Kier alpha value is -4.34. The number of aromatic nitrogens is 1. The van der Waals surface area contributed by atoms with Gasteiger partial charge in [0.15, 0.2) is 0 Å². The number of hydrogen-bond donors (Lipinski definition) is 4. The van der Waals surface area contributed by atoms with Gasteiger partial charge < -0.3 is 30.4 Å². The van der Waals surface area contributed by atoms with Gasteiger partial charge in [0.2, 0.25) is 11.8 Å². The molecular formula is C32H42N4O6. The summed E-state index contributed by atoms with van der Waals surface area (Å²) in [4.78, 5) is 55.6. The number of amides is 3. The minimum absolute atomic E-state index is 0.0603. The average Bonchev–Trinajstić information content (AvgIpc) is 3.42. The maximum atomic E-state index is 13.6. The predicted octanol–water partition coefficient (Wildman–Crippen LogP) is 4.24. The highest BCUT2D eigenvalue weighted by Gasteiger charge is 2.34. The molecule has 3 amide bonds. The maximum Gasteiger partial charge on any atom is 0.408 e. The number of esters is 1. The number of carbonyl (C=O) groups is 4. The van der Waals surface area contributed by atoms with Crippen LogP contribution in [0.25, 0.3) is 10.9 Å². The lowest BCUT2D eigenvalue weighted by Crippen LogP contribution is -2.59. The van der Waals surface area contributed by atoms with E-state index < -0.39 is 42.0 Å². The van der Waals surface area contributed by atoms with Gasteiger partial charge in [0.05, 0.1) is 7.11 Å². The molecule has 5 atom stereocenters. The Kier molecular flexibility index (Phi) is 12.0. The zero-order chi connectivity index (χ0) is 30.6. The van der Waals surface area contributed by atoms with Crippen LogP contribution in [0.15, 0.2) is 60.8 Å². The molecule has 2 aromatic carbocycles. The third-order valence-corrected chi connectivity index (χ3v) is 7.68. The van der Waals surface area contributed by atoms with E-state index in [0.717, 1.165) is 22.0 Å². The molecule has 0 aliphatic heterocycles. The number of fused-ring (bicyclic) bond motifs is 1. The van der Waals surface area contributed by atoms with Crippen LogP contribution < -0.4 is 16.0 Å². The first kappa shape index (κ1) is 32.2. The molecule has 0 aliphatic rings. The van der Waals surface area contributed by atoms with Crippen LogP contribution in [0.3, 0.4) is 0 Å². The fourth-order valence-electron chi connectivity index (χ4n) is 4.66. The zero-order valence-corrected chi connectivity index (χ0v) is 24.9. The molecule has 0 saturated carbocycles. The quantitative estimate of drug-likeness (QED) is 0.211. The van der Waals surface area contributed by atoms with Crippen molar-refractivity contribution in [2.24, 2.45) is 11.8 Å². The van der Waals surface area contributed by atoms with Crippen molar-refractivity contribution in [1.82, 2.24) is 20.9 Å². The van der Waals surface area contributed by atoms with E-state index in [0.29, 0.717) is 12.8 Å². The molecule has 0 aliphatic carbocycles. The van der Waals surface area contributed by atoms with E-state index in [1.807, 2.05) is 82.3 Å². The average molecular weight is 579 g/mol. The second-order valence-corrected chi connectivity index (χ2v) is 10.6. The van der Waals surface area contributed by atoms with Crippen LogP contribution in [-0.2, 0) is 36.9 Å². The van der Waals surface area contributed by atoms with Crippen molar-refractivity contribution in [3.8, 4) is 0 Å². The van der Waals surface area contributed by atoms with Gasteiger partial charge >= 0.3 is 12.1 Å². The highest BCUT2D eigenvalue weighted by molar-refractivity contribution is 5.93. The molecule has 0 radical (unpaired) electrons. The van der Waals surface area contributed by atoms with Crippen LogP contribution in [0.4, 0.5) is 4.79 Å². The van der Waals surface area contributed by atoms with Gasteiger partial charge in [-0.15, -0.1) is 0 Å². The molecule has 1 heterocycles. The number of hydrogen-bond acceptors (Lipinski definition) is 6. The van der Waals surface area contributed by atoms with Gasteiger partial charge in [0.1, 0.15) is 24.7 Å². The van der Waals surface area contributed by atoms with E-state index in [4.69, 9.17) is 9.47 Å². The maximum absolute atomic E-state index is 13.6. The lowest BCUT2D eigenvalue weighted by Gasteiger charge is -2.29. The first-order valence-corrected chi connectivity index (χ1v) is 14.4. The van der Waals surface area contributed by atoms with Crippen LogP contribution in [0.1, 0.15) is 51.7 Å². The first-order chi connectivity index (χ1) is 20.2. The minimum atomic E-state index is -0.971. The first-order valence-electron chi connectivity index (χ1n) is 14.4. The van der Waals surface area contributed by atoms with Gasteiger partial charge in [0.25, 0.3) is 0 Å². The van der Waals surface area contributed by atoms with Gasteiger partial charge in [-0.05, 0) is 29.0 Å². The Labute approximate surface area is 246 Å². The SMILES string of the molecule is CC[C@H](C)[C@H](NC(=O)OCc1ccccc1)C(=O)N[C@H](C(=O)N[C@H](Cc1c[nH]c2ccccc12)C(=O)OC)[C@@H](C)CC. The number of benzene rings is 2. The molecule has 10 nitrogen and oxygen atoms in total. The molecule has 226 valence electrons. The Morgan fingerprint density at radius 1 is 0.810 bits per heavy atom. The Morgan fingerprint density at radius 2 is 1.40 bits per heavy atom. The highest BCUT2D eigenvalue weighted by Crippen LogP contribution is 2.20. The van der Waals surface area contributed by atoms with E-state index in [1.165, 1.54) is 7.11 Å². The molecule has 0 spiro atoms. The number of carbonyl (C=O) groups excluding carboxylic acids is 4. The summed E-state index contributed by atoms with van der Waals surface area (Å²) in [6.07, 6.45) is 2.47. The summed E-state index contributed by atoms with van der Waals surface area (Å²) < 4.78 is 10.3. The normalized spacial score (nSPS) is 14.6. The lowest BCUT2D eigenvalue weighted by molar-refractivity contribution is -0.145. The molecule has 3 rings (SSSR count). The minimum Gasteiger partial charge on any atom is -0.467 e. The summed E-state index contributed by atoms with van der Waals surface area (Å²) in [5, 5.41) is 9.24. The molecule has 42 heavy (non-hydrogen) atoms. The largest absolute Gasteiger partial charge is 0.467 e. The van der Waals surface area contributed by atoms with E-state index in [-0.39, 0.29) is 24.9 Å². The van der Waals surface area contributed by atoms with Gasteiger partial charge in [-0.1, -0.05) is 89.1 Å². The van der Waals surface area contributed by atoms with Crippen molar-refractivity contribution in [3.05, 3.63) is 71.9 Å². The van der Waals surface area contributed by atoms with Crippen LogP contribution in [-0.4, -0.2) is 54.1 Å². The third-order valence-electron chi connectivity index (χ3n) is 7.68. The monoisotopic (exact) mass is 578 g/mol. The van der Waals surface area contributed by atoms with Gasteiger partial charge in [-0.25, -0.2) is 9.59 Å². The van der Waals surface area contributed by atoms with E-state index in [9.17, 15) is 19.2 Å². The summed E-state index contributed by atoms with van der Waals surface area (Å²) in [6.45, 7) is 7.56. The summed E-state index contributed by atoms with van der Waals surface area (Å²) in [5.74, 6) is -2.11. The van der Waals surface area contributed by atoms with Gasteiger partial charge in [-0.3, -0.25) is 9.59 Å². The second-order valence-electron chi connectivity index (χ2n) is 10.6. The molecule has 3 aromatic rings. The fraction of sp³-hybridized carbons (Fsp3) is 0.438. The number of H-pyrrole nitrogens is 1. The molecule has 0 unspecified atom stereocenters. The number of nitrogens with one attached hydrogen (secondary N) is 4. The Balaban J connectivity index is 1.73. The van der Waals surface area contributed by atoms with E-state index in [2.05, 4.69) is 20.9 Å². The topological polar surface area (TPSA) is 139 Å². The van der Waals surface area contributed by atoms with Crippen LogP contribution in [0, 0.1) is 11.8 Å². The van der Waals surface area contributed by atoms with Crippen LogP contribution in [0.2, 0.25) is 0 Å². The van der Waals surface area contributed by atoms with Crippen LogP contribution in [0.5, 0.6) is 0 Å². The molecule has 1 aromatic heterocycles. The fourth-order valence-corrected chi connectivity index (χ4v) is 4.66. The number of para-hydroxylation sites is 1. The Morgan fingerprint density at radius 3 is 2.05 bits per heavy atom. The van der Waals surface area contributed by atoms with Crippen molar-refractivity contribution >= 4 is 34.8 Å². The summed E-state index contributed by atoms with van der Waals surface area (Å²) in [6, 6.07) is 14.0. The second kappa shape index (κ2) is 15.6. The smallest absolute Gasteiger partial charge is 0.408 e. The van der Waals surface area contributed by atoms with Crippen LogP contribution >= 0.6 is 0 Å². The summed E-state index contributed by atoms with van der Waals surface area (Å²) >= 11 is 0. The number of rotatable bonds is 14. The number of methoxy groups -OCH3 is 1. The predicted molar refractivity (Wildman–Crippen MR) is 160 cm³/mol. The van der Waals surface area contributed by atoms with Crippen molar-refractivity contribution in [3.63, 3.8) is 0 Å². The van der Waals surface area contributed by atoms with Crippen molar-refractivity contribution in [1.29, 1.82) is 0 Å². The summed E-state index contributed by atoms with van der Waals surface area (Å²) in [7, 11) is 1.27. The lowest BCUT2D eigenvalue weighted by atomic mass is 9.94. The summed E-state index contributed by atoms with van der Waals surface area (Å²) in [5.41, 5.74) is 2.58.